The fraction of sp³-hybridized carbons (Fsp3) is 0.917. The van der Waals surface area contributed by atoms with Crippen molar-refractivity contribution in [2.24, 2.45) is 11.7 Å². The number of methoxy groups -OCH3 is 1. The minimum absolute atomic E-state index is 0.109. The van der Waals surface area contributed by atoms with Gasteiger partial charge in [-0.2, -0.15) is 0 Å². The minimum atomic E-state index is -0.439. The van der Waals surface area contributed by atoms with E-state index in [1.165, 1.54) is 0 Å². The van der Waals surface area contributed by atoms with E-state index in [0.717, 1.165) is 6.42 Å². The monoisotopic (exact) mass is 244 g/mol. The molecule has 1 unspecified atom stereocenters. The van der Waals surface area contributed by atoms with Gasteiger partial charge in [0.25, 0.3) is 0 Å². The molecule has 3 N–H and O–H groups in total. The van der Waals surface area contributed by atoms with Crippen LogP contribution >= 0.6 is 0 Å². The number of carbonyl (C=O) groups is 1. The van der Waals surface area contributed by atoms with Crippen LogP contribution < -0.4 is 11.1 Å². The Kier molecular flexibility index (Phi) is 5.36. The van der Waals surface area contributed by atoms with Gasteiger partial charge in [0.15, 0.2) is 0 Å². The third kappa shape index (κ3) is 4.26. The molecule has 1 saturated heterocycles. The molecular formula is C12H24N2O3. The maximum atomic E-state index is 11.8. The highest BCUT2D eigenvalue weighted by Gasteiger charge is 2.35. The SMILES string of the molecule is COC1(CNC(=O)[C@H](N)CC(C)C)CCOC1. The molecule has 1 amide bonds. The van der Waals surface area contributed by atoms with E-state index in [9.17, 15) is 4.79 Å². The Balaban J connectivity index is 2.36. The second kappa shape index (κ2) is 6.33. The quantitative estimate of drug-likeness (QED) is 0.704. The lowest BCUT2D eigenvalue weighted by Crippen LogP contribution is -2.49. The molecule has 100 valence electrons. The first-order valence-electron chi connectivity index (χ1n) is 6.15. The summed E-state index contributed by atoms with van der Waals surface area (Å²) in [6, 6.07) is -0.439. The molecular weight excluding hydrogens is 220 g/mol. The van der Waals surface area contributed by atoms with Crippen molar-refractivity contribution < 1.29 is 14.3 Å². The predicted octanol–water partition coefficient (Wildman–Crippen LogP) is 0.282. The van der Waals surface area contributed by atoms with E-state index in [1.807, 2.05) is 0 Å². The molecule has 1 aliphatic rings. The zero-order valence-electron chi connectivity index (χ0n) is 11.0. The van der Waals surface area contributed by atoms with Crippen LogP contribution in [0.5, 0.6) is 0 Å². The zero-order valence-corrected chi connectivity index (χ0v) is 11.0. The molecule has 0 aromatic rings. The molecule has 0 radical (unpaired) electrons. The van der Waals surface area contributed by atoms with E-state index >= 15 is 0 Å². The molecule has 1 rings (SSSR count). The van der Waals surface area contributed by atoms with Crippen molar-refractivity contribution in [3.05, 3.63) is 0 Å². The van der Waals surface area contributed by atoms with Crippen LogP contribution in [-0.2, 0) is 14.3 Å². The number of nitrogens with two attached hydrogens (primary N) is 1. The van der Waals surface area contributed by atoms with Crippen LogP contribution in [0.25, 0.3) is 0 Å². The molecule has 1 heterocycles. The summed E-state index contributed by atoms with van der Waals surface area (Å²) >= 11 is 0. The third-order valence-corrected chi connectivity index (χ3v) is 3.15. The normalized spacial score (nSPS) is 26.2. The molecule has 0 saturated carbocycles. The highest BCUT2D eigenvalue weighted by molar-refractivity contribution is 5.81. The van der Waals surface area contributed by atoms with Gasteiger partial charge in [-0.3, -0.25) is 4.79 Å². The van der Waals surface area contributed by atoms with E-state index < -0.39 is 6.04 Å². The molecule has 1 fully saturated rings. The molecule has 0 aliphatic carbocycles. The van der Waals surface area contributed by atoms with Crippen molar-refractivity contribution in [2.75, 3.05) is 26.9 Å². The summed E-state index contributed by atoms with van der Waals surface area (Å²) in [5, 5.41) is 2.85. The molecule has 0 aromatic heterocycles. The summed E-state index contributed by atoms with van der Waals surface area (Å²) in [4.78, 5) is 11.8. The first-order valence-corrected chi connectivity index (χ1v) is 6.15. The lowest BCUT2D eigenvalue weighted by atomic mass is 10.0. The fourth-order valence-electron chi connectivity index (χ4n) is 1.96. The Morgan fingerprint density at radius 3 is 2.76 bits per heavy atom. The summed E-state index contributed by atoms with van der Waals surface area (Å²) in [7, 11) is 1.65. The maximum Gasteiger partial charge on any atom is 0.237 e. The first-order chi connectivity index (χ1) is 7.99. The molecule has 0 bridgehead atoms. The van der Waals surface area contributed by atoms with E-state index in [1.54, 1.807) is 7.11 Å². The zero-order chi connectivity index (χ0) is 12.9. The second-order valence-corrected chi connectivity index (χ2v) is 5.14. The summed E-state index contributed by atoms with van der Waals surface area (Å²) < 4.78 is 10.7. The Morgan fingerprint density at radius 1 is 1.59 bits per heavy atom. The second-order valence-electron chi connectivity index (χ2n) is 5.14. The summed E-state index contributed by atoms with van der Waals surface area (Å²) in [5.74, 6) is 0.309. The average molecular weight is 244 g/mol. The largest absolute Gasteiger partial charge is 0.378 e. The maximum absolute atomic E-state index is 11.8. The van der Waals surface area contributed by atoms with Crippen LogP contribution in [-0.4, -0.2) is 44.4 Å². The van der Waals surface area contributed by atoms with Gasteiger partial charge in [-0.15, -0.1) is 0 Å². The standard InChI is InChI=1S/C12H24N2O3/c1-9(2)6-10(13)11(15)14-7-12(16-3)4-5-17-8-12/h9-10H,4-8,13H2,1-3H3,(H,14,15)/t10-,12?/m1/s1. The number of carbonyl (C=O) groups excluding carboxylic acids is 1. The van der Waals surface area contributed by atoms with E-state index in [-0.39, 0.29) is 11.5 Å². The van der Waals surface area contributed by atoms with Crippen LogP contribution in [0.2, 0.25) is 0 Å². The van der Waals surface area contributed by atoms with Gasteiger partial charge in [-0.25, -0.2) is 0 Å². The number of hydrogen-bond acceptors (Lipinski definition) is 4. The summed E-state index contributed by atoms with van der Waals surface area (Å²) in [6.07, 6.45) is 1.51. The molecule has 2 atom stereocenters. The van der Waals surface area contributed by atoms with E-state index in [2.05, 4.69) is 19.2 Å². The lowest BCUT2D eigenvalue weighted by Gasteiger charge is -2.26. The van der Waals surface area contributed by atoms with Crippen LogP contribution in [0.1, 0.15) is 26.7 Å². The van der Waals surface area contributed by atoms with Gasteiger partial charge in [0.1, 0.15) is 5.60 Å². The highest BCUT2D eigenvalue weighted by Crippen LogP contribution is 2.21. The van der Waals surface area contributed by atoms with Crippen molar-refractivity contribution >= 4 is 5.91 Å². The van der Waals surface area contributed by atoms with Gasteiger partial charge in [0.05, 0.1) is 12.6 Å². The number of amides is 1. The Labute approximate surface area is 103 Å². The molecule has 0 aromatic carbocycles. The molecule has 0 spiro atoms. The van der Waals surface area contributed by atoms with Crippen LogP contribution in [0.3, 0.4) is 0 Å². The van der Waals surface area contributed by atoms with Crippen LogP contribution in [0, 0.1) is 5.92 Å². The Bertz CT molecular complexity index is 250. The Hall–Kier alpha value is -0.650. The van der Waals surface area contributed by atoms with E-state index in [4.69, 9.17) is 15.2 Å². The molecule has 1 aliphatic heterocycles. The lowest BCUT2D eigenvalue weighted by molar-refractivity contribution is -0.124. The van der Waals surface area contributed by atoms with Gasteiger partial charge in [-0.1, -0.05) is 13.8 Å². The summed E-state index contributed by atoms with van der Waals surface area (Å²) in [6.45, 7) is 5.78. The van der Waals surface area contributed by atoms with Crippen LogP contribution in [0.15, 0.2) is 0 Å². The number of rotatable bonds is 6. The van der Waals surface area contributed by atoms with Crippen molar-refractivity contribution in [3.63, 3.8) is 0 Å². The van der Waals surface area contributed by atoms with Gasteiger partial charge in [0.2, 0.25) is 5.91 Å². The molecule has 5 heteroatoms. The first kappa shape index (κ1) is 14.4. The minimum Gasteiger partial charge on any atom is -0.378 e. The van der Waals surface area contributed by atoms with Crippen molar-refractivity contribution in [3.8, 4) is 0 Å². The third-order valence-electron chi connectivity index (χ3n) is 3.15. The van der Waals surface area contributed by atoms with E-state index in [0.29, 0.717) is 32.1 Å². The summed E-state index contributed by atoms with van der Waals surface area (Å²) in [5.41, 5.74) is 5.44. The van der Waals surface area contributed by atoms with Crippen LogP contribution in [0.4, 0.5) is 0 Å². The average Bonchev–Trinajstić information content (AvgIpc) is 2.74. The number of nitrogens with one attached hydrogen (secondary N) is 1. The highest BCUT2D eigenvalue weighted by atomic mass is 16.5. The van der Waals surface area contributed by atoms with Crippen molar-refractivity contribution in [1.29, 1.82) is 0 Å². The number of ether oxygens (including phenoxy) is 2. The fourth-order valence-corrected chi connectivity index (χ4v) is 1.96. The van der Waals surface area contributed by atoms with Gasteiger partial charge < -0.3 is 20.5 Å². The van der Waals surface area contributed by atoms with Gasteiger partial charge >= 0.3 is 0 Å². The molecule has 5 nitrogen and oxygen atoms in total. The van der Waals surface area contributed by atoms with Crippen molar-refractivity contribution in [2.45, 2.75) is 38.3 Å². The topological polar surface area (TPSA) is 73.6 Å². The Morgan fingerprint density at radius 2 is 2.29 bits per heavy atom. The van der Waals surface area contributed by atoms with Gasteiger partial charge in [-0.05, 0) is 12.3 Å². The molecule has 17 heavy (non-hydrogen) atoms. The number of hydrogen-bond donors (Lipinski definition) is 2. The predicted molar refractivity (Wildman–Crippen MR) is 65.6 cm³/mol. The smallest absolute Gasteiger partial charge is 0.237 e. The van der Waals surface area contributed by atoms with Gasteiger partial charge in [0, 0.05) is 26.7 Å². The van der Waals surface area contributed by atoms with Crippen molar-refractivity contribution in [1.82, 2.24) is 5.32 Å².